The SMILES string of the molecule is C[C@@H]([NH2+][C@H](C)c1ccc(F)cc1F)C(=O)Nc1ccc2c(c1)OCO2. The fourth-order valence-electron chi connectivity index (χ4n) is 2.73. The fraction of sp³-hybridized carbons (Fsp3) is 0.278. The van der Waals surface area contributed by atoms with Crippen LogP contribution in [0.4, 0.5) is 14.5 Å². The number of fused-ring (bicyclic) bond motifs is 1. The number of quaternary nitrogens is 1. The van der Waals surface area contributed by atoms with Crippen molar-refractivity contribution in [1.29, 1.82) is 0 Å². The van der Waals surface area contributed by atoms with E-state index in [1.54, 1.807) is 37.4 Å². The van der Waals surface area contributed by atoms with Crippen molar-refractivity contribution in [2.24, 2.45) is 0 Å². The van der Waals surface area contributed by atoms with E-state index in [2.05, 4.69) is 5.32 Å². The molecule has 0 aromatic heterocycles. The third-order valence-corrected chi connectivity index (χ3v) is 4.08. The van der Waals surface area contributed by atoms with E-state index in [4.69, 9.17) is 9.47 Å². The first-order chi connectivity index (χ1) is 11.9. The monoisotopic (exact) mass is 349 g/mol. The van der Waals surface area contributed by atoms with Crippen molar-refractivity contribution in [1.82, 2.24) is 0 Å². The van der Waals surface area contributed by atoms with Crippen LogP contribution in [0.2, 0.25) is 0 Å². The molecule has 0 radical (unpaired) electrons. The zero-order chi connectivity index (χ0) is 18.0. The molecular weight excluding hydrogens is 330 g/mol. The number of amides is 1. The molecule has 1 aliphatic rings. The number of anilines is 1. The molecule has 0 saturated heterocycles. The highest BCUT2D eigenvalue weighted by Crippen LogP contribution is 2.34. The summed E-state index contributed by atoms with van der Waals surface area (Å²) in [5.74, 6) is -0.253. The lowest BCUT2D eigenvalue weighted by Crippen LogP contribution is -2.91. The summed E-state index contributed by atoms with van der Waals surface area (Å²) < 4.78 is 37.3. The molecular formula is C18H19F2N2O3+. The second kappa shape index (κ2) is 7.06. The Labute approximate surface area is 143 Å². The van der Waals surface area contributed by atoms with Crippen LogP contribution in [0.5, 0.6) is 11.5 Å². The van der Waals surface area contributed by atoms with Crippen LogP contribution in [0.15, 0.2) is 36.4 Å². The van der Waals surface area contributed by atoms with Crippen LogP contribution in [-0.2, 0) is 4.79 Å². The molecule has 2 atom stereocenters. The van der Waals surface area contributed by atoms with Gasteiger partial charge in [-0.1, -0.05) is 0 Å². The minimum absolute atomic E-state index is 0.164. The van der Waals surface area contributed by atoms with E-state index >= 15 is 0 Å². The van der Waals surface area contributed by atoms with Gasteiger partial charge in [0.1, 0.15) is 17.7 Å². The number of rotatable bonds is 5. The Morgan fingerprint density at radius 2 is 1.88 bits per heavy atom. The molecule has 0 fully saturated rings. The molecule has 0 spiro atoms. The Morgan fingerprint density at radius 3 is 2.64 bits per heavy atom. The van der Waals surface area contributed by atoms with Gasteiger partial charge < -0.3 is 20.1 Å². The minimum Gasteiger partial charge on any atom is -0.454 e. The maximum atomic E-state index is 13.8. The zero-order valence-corrected chi connectivity index (χ0v) is 13.9. The van der Waals surface area contributed by atoms with Gasteiger partial charge in [-0.25, -0.2) is 8.78 Å². The molecule has 0 saturated carbocycles. The molecule has 3 N–H and O–H groups in total. The van der Waals surface area contributed by atoms with E-state index in [0.29, 0.717) is 22.7 Å². The number of nitrogens with one attached hydrogen (secondary N) is 1. The van der Waals surface area contributed by atoms with Crippen LogP contribution in [0.3, 0.4) is 0 Å². The largest absolute Gasteiger partial charge is 0.454 e. The molecule has 3 rings (SSSR count). The third kappa shape index (κ3) is 3.88. The van der Waals surface area contributed by atoms with Crippen LogP contribution in [0.25, 0.3) is 0 Å². The number of carbonyl (C=O) groups is 1. The molecule has 1 aliphatic heterocycles. The number of nitrogens with two attached hydrogens (primary N) is 1. The van der Waals surface area contributed by atoms with Gasteiger partial charge >= 0.3 is 0 Å². The molecule has 2 aromatic rings. The maximum Gasteiger partial charge on any atom is 0.282 e. The van der Waals surface area contributed by atoms with Gasteiger partial charge in [0.15, 0.2) is 17.5 Å². The van der Waals surface area contributed by atoms with Gasteiger partial charge in [0.2, 0.25) is 6.79 Å². The molecule has 0 unspecified atom stereocenters. The highest BCUT2D eigenvalue weighted by Gasteiger charge is 2.23. The molecule has 5 nitrogen and oxygen atoms in total. The number of benzene rings is 2. The second-order valence-corrected chi connectivity index (χ2v) is 5.99. The van der Waals surface area contributed by atoms with E-state index in [1.165, 1.54) is 12.1 Å². The maximum absolute atomic E-state index is 13.8. The number of ether oxygens (including phenoxy) is 2. The van der Waals surface area contributed by atoms with Gasteiger partial charge in [-0.2, -0.15) is 0 Å². The van der Waals surface area contributed by atoms with Crippen molar-refractivity contribution in [3.8, 4) is 11.5 Å². The fourth-order valence-corrected chi connectivity index (χ4v) is 2.73. The average Bonchev–Trinajstić information content (AvgIpc) is 3.02. The summed E-state index contributed by atoms with van der Waals surface area (Å²) in [6, 6.07) is 7.79. The molecule has 0 aliphatic carbocycles. The van der Waals surface area contributed by atoms with Crippen LogP contribution < -0.4 is 20.1 Å². The summed E-state index contributed by atoms with van der Waals surface area (Å²) in [6.45, 7) is 3.65. The van der Waals surface area contributed by atoms with E-state index in [-0.39, 0.29) is 18.7 Å². The number of hydrogen-bond acceptors (Lipinski definition) is 3. The average molecular weight is 349 g/mol. The quantitative estimate of drug-likeness (QED) is 0.871. The van der Waals surface area contributed by atoms with Crippen molar-refractivity contribution in [2.75, 3.05) is 12.1 Å². The summed E-state index contributed by atoms with van der Waals surface area (Å²) in [5.41, 5.74) is 0.944. The molecule has 1 heterocycles. The van der Waals surface area contributed by atoms with E-state index < -0.39 is 17.7 Å². The zero-order valence-electron chi connectivity index (χ0n) is 13.9. The Hall–Kier alpha value is -2.67. The Bertz CT molecular complexity index is 798. The van der Waals surface area contributed by atoms with Gasteiger partial charge in [-0.05, 0) is 38.1 Å². The lowest BCUT2D eigenvalue weighted by Gasteiger charge is -2.17. The number of carbonyl (C=O) groups excluding carboxylic acids is 1. The number of halogens is 2. The van der Waals surface area contributed by atoms with Gasteiger partial charge in [0.05, 0.1) is 0 Å². The summed E-state index contributed by atoms with van der Waals surface area (Å²) in [5, 5.41) is 4.51. The van der Waals surface area contributed by atoms with Gasteiger partial charge in [-0.3, -0.25) is 4.79 Å². The lowest BCUT2D eigenvalue weighted by atomic mass is 10.1. The first kappa shape index (κ1) is 17.2. The van der Waals surface area contributed by atoms with Gasteiger partial charge in [0, 0.05) is 23.4 Å². The standard InChI is InChI=1S/C18H18F2N2O3/c1-10(14-5-3-12(19)7-15(14)20)21-11(2)18(23)22-13-4-6-16-17(8-13)25-9-24-16/h3-8,10-11,21H,9H2,1-2H3,(H,22,23)/p+1/t10-,11-/m1/s1. The Balaban J connectivity index is 1.62. The van der Waals surface area contributed by atoms with Crippen molar-refractivity contribution in [3.63, 3.8) is 0 Å². The van der Waals surface area contributed by atoms with E-state index in [1.807, 2.05) is 0 Å². The van der Waals surface area contributed by atoms with E-state index in [0.717, 1.165) is 6.07 Å². The smallest absolute Gasteiger partial charge is 0.282 e. The molecule has 132 valence electrons. The predicted molar refractivity (Wildman–Crippen MR) is 87.4 cm³/mol. The number of hydrogen-bond donors (Lipinski definition) is 2. The lowest BCUT2D eigenvalue weighted by molar-refractivity contribution is -0.710. The Kier molecular flexibility index (Phi) is 4.85. The van der Waals surface area contributed by atoms with Crippen LogP contribution in [-0.4, -0.2) is 18.7 Å². The Morgan fingerprint density at radius 1 is 1.12 bits per heavy atom. The molecule has 0 bridgehead atoms. The first-order valence-corrected chi connectivity index (χ1v) is 7.94. The van der Waals surface area contributed by atoms with Crippen LogP contribution >= 0.6 is 0 Å². The molecule has 7 heteroatoms. The van der Waals surface area contributed by atoms with Crippen molar-refractivity contribution in [2.45, 2.75) is 25.9 Å². The second-order valence-electron chi connectivity index (χ2n) is 5.99. The molecule has 25 heavy (non-hydrogen) atoms. The topological polar surface area (TPSA) is 64.2 Å². The van der Waals surface area contributed by atoms with Crippen LogP contribution in [0.1, 0.15) is 25.5 Å². The minimum atomic E-state index is -0.623. The highest BCUT2D eigenvalue weighted by molar-refractivity contribution is 5.93. The van der Waals surface area contributed by atoms with Crippen molar-refractivity contribution >= 4 is 11.6 Å². The highest BCUT2D eigenvalue weighted by atomic mass is 19.1. The first-order valence-electron chi connectivity index (χ1n) is 7.94. The predicted octanol–water partition coefficient (Wildman–Crippen LogP) is 2.35. The molecule has 2 aromatic carbocycles. The van der Waals surface area contributed by atoms with E-state index in [9.17, 15) is 13.6 Å². The molecule has 1 amide bonds. The van der Waals surface area contributed by atoms with Crippen molar-refractivity contribution < 1.29 is 28.4 Å². The van der Waals surface area contributed by atoms with Crippen LogP contribution in [0, 0.1) is 11.6 Å². The third-order valence-electron chi connectivity index (χ3n) is 4.08. The normalized spacial score (nSPS) is 14.9. The summed E-state index contributed by atoms with van der Waals surface area (Å²) in [7, 11) is 0. The van der Waals surface area contributed by atoms with Gasteiger partial charge in [-0.15, -0.1) is 0 Å². The summed E-state index contributed by atoms with van der Waals surface area (Å²) >= 11 is 0. The van der Waals surface area contributed by atoms with Gasteiger partial charge in [0.25, 0.3) is 5.91 Å². The van der Waals surface area contributed by atoms with Crippen molar-refractivity contribution in [3.05, 3.63) is 53.6 Å². The summed E-state index contributed by atoms with van der Waals surface area (Å²) in [6.07, 6.45) is 0. The summed E-state index contributed by atoms with van der Waals surface area (Å²) in [4.78, 5) is 12.4.